The van der Waals surface area contributed by atoms with Crippen molar-refractivity contribution in [3.8, 4) is 11.8 Å². The lowest BCUT2D eigenvalue weighted by atomic mass is 10.0. The summed E-state index contributed by atoms with van der Waals surface area (Å²) in [4.78, 5) is 16.4. The average molecular weight is 527 g/mol. The monoisotopic (exact) mass is 526 g/mol. The Bertz CT molecular complexity index is 1840. The van der Waals surface area contributed by atoms with E-state index in [1.165, 1.54) is 23.8 Å². The second kappa shape index (κ2) is 9.88. The molecule has 0 saturated heterocycles. The van der Waals surface area contributed by atoms with Crippen LogP contribution in [0.3, 0.4) is 0 Å². The lowest BCUT2D eigenvalue weighted by molar-refractivity contribution is 0.0686. The fourth-order valence-corrected chi connectivity index (χ4v) is 5.63. The number of pyridine rings is 1. The maximum atomic E-state index is 13.0. The highest BCUT2D eigenvalue weighted by molar-refractivity contribution is 7.91. The van der Waals surface area contributed by atoms with Crippen molar-refractivity contribution in [3.05, 3.63) is 101 Å². The Labute approximate surface area is 218 Å². The van der Waals surface area contributed by atoms with Gasteiger partial charge < -0.3 is 14.4 Å². The molecule has 2 N–H and O–H groups in total. The number of carboxylic acid groups (broad SMARTS) is 1. The number of anilines is 1. The van der Waals surface area contributed by atoms with E-state index < -0.39 is 16.0 Å². The molecule has 0 bridgehead atoms. The van der Waals surface area contributed by atoms with Crippen LogP contribution in [0.4, 0.5) is 5.69 Å². The fourth-order valence-electron chi connectivity index (χ4n) is 4.45. The molecule has 3 aromatic carbocycles. The van der Waals surface area contributed by atoms with E-state index in [2.05, 4.69) is 9.71 Å². The number of ether oxygens (including phenoxy) is 1. The number of nitrogens with one attached hydrogen (secondary N) is 1. The minimum absolute atomic E-state index is 0.000636. The molecule has 9 nitrogen and oxygen atoms in total. The average Bonchev–Trinajstić information content (AvgIpc) is 3.26. The molecule has 10 heteroatoms. The van der Waals surface area contributed by atoms with Gasteiger partial charge in [0.2, 0.25) is 10.0 Å². The third-order valence-electron chi connectivity index (χ3n) is 6.12. The second-order valence-corrected chi connectivity index (χ2v) is 10.4. The molecule has 0 saturated carbocycles. The SMILES string of the molecule is COc1ccc2c(Cn3c(C(=O)O)cc4ccc(C#N)nc43)cc(NS(=O)(=O)Cc3ccccc3)cc2c1. The maximum absolute atomic E-state index is 13.0. The lowest BCUT2D eigenvalue weighted by Crippen LogP contribution is -2.16. The third kappa shape index (κ3) is 5.00. The number of carboxylic acids is 1. The van der Waals surface area contributed by atoms with Crippen LogP contribution in [0.15, 0.2) is 78.9 Å². The summed E-state index contributed by atoms with van der Waals surface area (Å²) in [7, 11) is -2.21. The number of methoxy groups -OCH3 is 1. The zero-order chi connectivity index (χ0) is 26.9. The molecule has 190 valence electrons. The molecule has 0 spiro atoms. The van der Waals surface area contributed by atoms with Crippen molar-refractivity contribution in [2.45, 2.75) is 12.3 Å². The Balaban J connectivity index is 1.63. The van der Waals surface area contributed by atoms with E-state index >= 15 is 0 Å². The first-order chi connectivity index (χ1) is 18.3. The predicted molar refractivity (Wildman–Crippen MR) is 144 cm³/mol. The van der Waals surface area contributed by atoms with E-state index in [4.69, 9.17) is 4.74 Å². The number of nitriles is 1. The first kappa shape index (κ1) is 24.8. The largest absolute Gasteiger partial charge is 0.497 e. The van der Waals surface area contributed by atoms with E-state index in [1.54, 1.807) is 54.6 Å². The number of fused-ring (bicyclic) bond motifs is 2. The first-order valence-corrected chi connectivity index (χ1v) is 13.2. The number of aromatic carboxylic acids is 1. The van der Waals surface area contributed by atoms with Crippen molar-refractivity contribution in [2.24, 2.45) is 0 Å². The Morgan fingerprint density at radius 3 is 2.55 bits per heavy atom. The van der Waals surface area contributed by atoms with Gasteiger partial charge in [-0.05, 0) is 64.4 Å². The van der Waals surface area contributed by atoms with Gasteiger partial charge in [0.25, 0.3) is 0 Å². The van der Waals surface area contributed by atoms with Crippen LogP contribution in [-0.4, -0.2) is 36.2 Å². The lowest BCUT2D eigenvalue weighted by Gasteiger charge is -2.15. The van der Waals surface area contributed by atoms with Crippen LogP contribution in [0.25, 0.3) is 21.8 Å². The van der Waals surface area contributed by atoms with Crippen LogP contribution in [0.1, 0.15) is 27.3 Å². The molecular weight excluding hydrogens is 504 g/mol. The summed E-state index contributed by atoms with van der Waals surface area (Å²) in [6.07, 6.45) is 0. The summed E-state index contributed by atoms with van der Waals surface area (Å²) in [5, 5.41) is 21.3. The molecule has 5 rings (SSSR count). The number of hydrogen-bond donors (Lipinski definition) is 2. The van der Waals surface area contributed by atoms with Crippen molar-refractivity contribution >= 4 is 43.5 Å². The van der Waals surface area contributed by atoms with Gasteiger partial charge in [0.1, 0.15) is 28.9 Å². The molecule has 2 aromatic heterocycles. The Morgan fingerprint density at radius 1 is 1.05 bits per heavy atom. The number of rotatable bonds is 8. The number of carbonyl (C=O) groups is 1. The number of aromatic nitrogens is 2. The summed E-state index contributed by atoms with van der Waals surface area (Å²) in [6, 6.07) is 24.3. The maximum Gasteiger partial charge on any atom is 0.352 e. The number of benzene rings is 3. The van der Waals surface area contributed by atoms with E-state index in [9.17, 15) is 23.6 Å². The molecule has 0 fully saturated rings. The van der Waals surface area contributed by atoms with Crippen LogP contribution < -0.4 is 9.46 Å². The molecule has 0 atom stereocenters. The van der Waals surface area contributed by atoms with Gasteiger partial charge in [0, 0.05) is 11.1 Å². The number of sulfonamides is 1. The van der Waals surface area contributed by atoms with Gasteiger partial charge in [0.15, 0.2) is 0 Å². The summed E-state index contributed by atoms with van der Waals surface area (Å²) < 4.78 is 35.5. The summed E-state index contributed by atoms with van der Waals surface area (Å²) >= 11 is 0. The second-order valence-electron chi connectivity index (χ2n) is 8.71. The van der Waals surface area contributed by atoms with Gasteiger partial charge in [0.05, 0.1) is 19.4 Å². The molecule has 38 heavy (non-hydrogen) atoms. The van der Waals surface area contributed by atoms with Crippen LogP contribution in [0.2, 0.25) is 0 Å². The van der Waals surface area contributed by atoms with Crippen molar-refractivity contribution in [2.75, 3.05) is 11.8 Å². The summed E-state index contributed by atoms with van der Waals surface area (Å²) in [6.45, 7) is 0.0735. The minimum Gasteiger partial charge on any atom is -0.497 e. The van der Waals surface area contributed by atoms with Gasteiger partial charge in [-0.25, -0.2) is 18.2 Å². The molecule has 0 unspecified atom stereocenters. The highest BCUT2D eigenvalue weighted by atomic mass is 32.2. The number of nitrogens with zero attached hydrogens (tertiary/aromatic N) is 3. The van der Waals surface area contributed by atoms with Crippen LogP contribution in [0.5, 0.6) is 5.75 Å². The van der Waals surface area contributed by atoms with Crippen molar-refractivity contribution in [1.29, 1.82) is 5.26 Å². The van der Waals surface area contributed by atoms with Crippen LogP contribution in [0, 0.1) is 11.3 Å². The molecule has 0 radical (unpaired) electrons. The zero-order valence-electron chi connectivity index (χ0n) is 20.2. The van der Waals surface area contributed by atoms with Gasteiger partial charge in [-0.1, -0.05) is 36.4 Å². The van der Waals surface area contributed by atoms with Crippen molar-refractivity contribution in [3.63, 3.8) is 0 Å². The smallest absolute Gasteiger partial charge is 0.352 e. The molecule has 0 aliphatic rings. The van der Waals surface area contributed by atoms with E-state index in [1.807, 2.05) is 18.2 Å². The van der Waals surface area contributed by atoms with Gasteiger partial charge in [-0.15, -0.1) is 0 Å². The summed E-state index contributed by atoms with van der Waals surface area (Å²) in [5.74, 6) is -0.760. The minimum atomic E-state index is -3.75. The van der Waals surface area contributed by atoms with Crippen LogP contribution in [-0.2, 0) is 22.3 Å². The van der Waals surface area contributed by atoms with Crippen LogP contribution >= 0.6 is 0 Å². The quantitative estimate of drug-likeness (QED) is 0.298. The normalized spacial score (nSPS) is 11.4. The Hall–Kier alpha value is -4.88. The van der Waals surface area contributed by atoms with E-state index in [0.717, 1.165) is 5.39 Å². The molecule has 5 aromatic rings. The van der Waals surface area contributed by atoms with Gasteiger partial charge in [-0.3, -0.25) is 4.72 Å². The Kier molecular flexibility index (Phi) is 6.45. The van der Waals surface area contributed by atoms with Gasteiger partial charge >= 0.3 is 5.97 Å². The van der Waals surface area contributed by atoms with Crippen molar-refractivity contribution in [1.82, 2.24) is 9.55 Å². The third-order valence-corrected chi connectivity index (χ3v) is 7.38. The topological polar surface area (TPSA) is 134 Å². The molecule has 0 aliphatic heterocycles. The van der Waals surface area contributed by atoms with E-state index in [0.29, 0.717) is 39.0 Å². The Morgan fingerprint density at radius 2 is 1.84 bits per heavy atom. The first-order valence-electron chi connectivity index (χ1n) is 11.5. The highest BCUT2D eigenvalue weighted by Gasteiger charge is 2.19. The van der Waals surface area contributed by atoms with Crippen molar-refractivity contribution < 1.29 is 23.1 Å². The molecule has 0 aliphatic carbocycles. The molecule has 0 amide bonds. The number of hydrogen-bond acceptors (Lipinski definition) is 6. The standard InChI is InChI=1S/C28H22N4O5S/c1-37-24-9-10-25-20(13-24)11-23(31-38(35,36)17-18-5-3-2-4-6-18)12-21(25)16-32-26(28(33)34)14-19-7-8-22(15-29)30-27(19)32/h2-14,31H,16-17H2,1H3,(H,33,34). The van der Waals surface area contributed by atoms with E-state index in [-0.39, 0.29) is 23.7 Å². The molecule has 2 heterocycles. The molecular formula is C28H22N4O5S. The zero-order valence-corrected chi connectivity index (χ0v) is 21.1. The predicted octanol–water partition coefficient (Wildman–Crippen LogP) is 4.76. The highest BCUT2D eigenvalue weighted by Crippen LogP contribution is 2.31. The van der Waals surface area contributed by atoms with Gasteiger partial charge in [-0.2, -0.15) is 5.26 Å². The summed E-state index contributed by atoms with van der Waals surface area (Å²) in [5.41, 5.74) is 2.14. The fraction of sp³-hybridized carbons (Fsp3) is 0.107.